The van der Waals surface area contributed by atoms with Gasteiger partial charge in [0.05, 0.1) is 17.2 Å². The van der Waals surface area contributed by atoms with Crippen LogP contribution in [-0.4, -0.2) is 17.7 Å². The minimum atomic E-state index is -0.321. The van der Waals surface area contributed by atoms with Crippen LogP contribution in [0.2, 0.25) is 0 Å². The first kappa shape index (κ1) is 14.9. The molecule has 0 aliphatic heterocycles. The first-order valence-electron chi connectivity index (χ1n) is 7.07. The number of methoxy groups -OCH3 is 1. The third-order valence-corrected chi connectivity index (χ3v) is 4.29. The summed E-state index contributed by atoms with van der Waals surface area (Å²) >= 11 is 0. The topological polar surface area (TPSA) is 60.2 Å². The molecule has 1 heterocycles. The van der Waals surface area contributed by atoms with Crippen molar-refractivity contribution in [1.82, 2.24) is 10.4 Å². The maximum absolute atomic E-state index is 5.86. The monoisotopic (exact) mass is 273 g/mol. The molecule has 20 heavy (non-hydrogen) atoms. The van der Waals surface area contributed by atoms with Crippen LogP contribution in [0.3, 0.4) is 0 Å². The van der Waals surface area contributed by atoms with Gasteiger partial charge in [-0.1, -0.05) is 32.0 Å². The van der Waals surface area contributed by atoms with Gasteiger partial charge in [-0.05, 0) is 30.5 Å². The predicted molar refractivity (Wildman–Crippen MR) is 82.1 cm³/mol. The maximum Gasteiger partial charge on any atom is 0.0880 e. The van der Waals surface area contributed by atoms with E-state index in [2.05, 4.69) is 36.4 Å². The Hall–Kier alpha value is -1.49. The summed E-state index contributed by atoms with van der Waals surface area (Å²) in [6.07, 6.45) is 3.57. The number of nitrogens with one attached hydrogen (secondary N) is 1. The Morgan fingerprint density at radius 3 is 2.60 bits per heavy atom. The quantitative estimate of drug-likeness (QED) is 0.627. The first-order chi connectivity index (χ1) is 9.72. The minimum absolute atomic E-state index is 0.0737. The number of aromatic nitrogens is 1. The number of hydrogen-bond acceptors (Lipinski definition) is 4. The molecule has 108 valence electrons. The van der Waals surface area contributed by atoms with E-state index < -0.39 is 0 Å². The number of rotatable bonds is 6. The van der Waals surface area contributed by atoms with Gasteiger partial charge in [0, 0.05) is 18.7 Å². The van der Waals surface area contributed by atoms with Crippen molar-refractivity contribution >= 4 is 10.9 Å². The van der Waals surface area contributed by atoms with Crippen molar-refractivity contribution in [2.75, 3.05) is 7.11 Å². The van der Waals surface area contributed by atoms with E-state index in [0.717, 1.165) is 29.3 Å². The lowest BCUT2D eigenvalue weighted by Gasteiger charge is -2.38. The van der Waals surface area contributed by atoms with Gasteiger partial charge in [0.1, 0.15) is 0 Å². The second-order valence-electron chi connectivity index (χ2n) is 4.99. The van der Waals surface area contributed by atoms with Gasteiger partial charge in [-0.25, -0.2) is 0 Å². The average Bonchev–Trinajstić information content (AvgIpc) is 2.52. The fourth-order valence-electron chi connectivity index (χ4n) is 2.97. The average molecular weight is 273 g/mol. The Bertz CT molecular complexity index is 553. The highest BCUT2D eigenvalue weighted by atomic mass is 16.5. The molecule has 0 saturated carbocycles. The van der Waals surface area contributed by atoms with E-state index in [-0.39, 0.29) is 11.6 Å². The van der Waals surface area contributed by atoms with Crippen LogP contribution >= 0.6 is 0 Å². The Labute approximate surface area is 120 Å². The lowest BCUT2D eigenvalue weighted by Crippen LogP contribution is -2.47. The van der Waals surface area contributed by atoms with Crippen LogP contribution in [0.25, 0.3) is 10.9 Å². The van der Waals surface area contributed by atoms with Crippen molar-refractivity contribution in [2.24, 2.45) is 5.84 Å². The van der Waals surface area contributed by atoms with E-state index in [1.807, 2.05) is 18.2 Å². The molecule has 1 atom stereocenters. The molecule has 4 heteroatoms. The molecular formula is C16H23N3O. The molecule has 2 aromatic rings. The maximum atomic E-state index is 5.86. The molecule has 1 unspecified atom stereocenters. The van der Waals surface area contributed by atoms with Crippen molar-refractivity contribution < 1.29 is 4.74 Å². The second-order valence-corrected chi connectivity index (χ2v) is 4.99. The molecule has 2 rings (SSSR count). The number of fused-ring (bicyclic) bond motifs is 1. The largest absolute Gasteiger partial charge is 0.376 e. The van der Waals surface area contributed by atoms with Crippen molar-refractivity contribution in [3.63, 3.8) is 0 Å². The highest BCUT2D eigenvalue weighted by molar-refractivity contribution is 5.82. The van der Waals surface area contributed by atoms with Gasteiger partial charge in [-0.2, -0.15) is 0 Å². The van der Waals surface area contributed by atoms with Crippen molar-refractivity contribution in [1.29, 1.82) is 0 Å². The number of pyridine rings is 1. The summed E-state index contributed by atoms with van der Waals surface area (Å²) in [6.45, 7) is 4.25. The zero-order valence-corrected chi connectivity index (χ0v) is 12.4. The van der Waals surface area contributed by atoms with Crippen LogP contribution in [0.15, 0.2) is 36.5 Å². The molecular weight excluding hydrogens is 250 g/mol. The van der Waals surface area contributed by atoms with Crippen LogP contribution in [0, 0.1) is 0 Å². The lowest BCUT2D eigenvalue weighted by molar-refractivity contribution is -0.0483. The van der Waals surface area contributed by atoms with Gasteiger partial charge >= 0.3 is 0 Å². The fourth-order valence-corrected chi connectivity index (χ4v) is 2.97. The van der Waals surface area contributed by atoms with Gasteiger partial charge in [-0.3, -0.25) is 16.3 Å². The fraction of sp³-hybridized carbons (Fsp3) is 0.438. The third-order valence-electron chi connectivity index (χ3n) is 4.29. The van der Waals surface area contributed by atoms with Gasteiger partial charge in [-0.15, -0.1) is 0 Å². The van der Waals surface area contributed by atoms with E-state index in [0.29, 0.717) is 0 Å². The zero-order chi connectivity index (χ0) is 14.6. The van der Waals surface area contributed by atoms with Gasteiger partial charge < -0.3 is 4.74 Å². The number of benzene rings is 1. The number of nitrogens with zero attached hydrogens (tertiary/aromatic N) is 1. The number of hydrogen-bond donors (Lipinski definition) is 2. The van der Waals surface area contributed by atoms with E-state index in [1.54, 1.807) is 13.3 Å². The SMILES string of the molecule is CCC(CC)(OC)C(NN)c1cccc2ncccc12. The second kappa shape index (κ2) is 6.31. The molecule has 1 aromatic heterocycles. The van der Waals surface area contributed by atoms with Crippen LogP contribution < -0.4 is 11.3 Å². The third kappa shape index (κ3) is 2.42. The summed E-state index contributed by atoms with van der Waals surface area (Å²) in [5, 5.41) is 1.11. The van der Waals surface area contributed by atoms with Crippen LogP contribution in [0.4, 0.5) is 0 Å². The summed E-state index contributed by atoms with van der Waals surface area (Å²) in [6, 6.07) is 10.1. The molecule has 1 aromatic carbocycles. The summed E-state index contributed by atoms with van der Waals surface area (Å²) in [5.74, 6) is 5.86. The predicted octanol–water partition coefficient (Wildman–Crippen LogP) is 2.94. The number of hydrazine groups is 1. The Kier molecular flexibility index (Phi) is 4.70. The Morgan fingerprint density at radius 1 is 1.25 bits per heavy atom. The molecule has 0 fully saturated rings. The van der Waals surface area contributed by atoms with Crippen LogP contribution in [-0.2, 0) is 4.74 Å². The van der Waals surface area contributed by atoms with Crippen LogP contribution in [0.1, 0.15) is 38.3 Å². The molecule has 4 nitrogen and oxygen atoms in total. The normalized spacial score (nSPS) is 13.6. The van der Waals surface area contributed by atoms with Crippen LogP contribution in [0.5, 0.6) is 0 Å². The summed E-state index contributed by atoms with van der Waals surface area (Å²) in [4.78, 5) is 4.41. The smallest absolute Gasteiger partial charge is 0.0880 e. The molecule has 0 amide bonds. The summed E-state index contributed by atoms with van der Waals surface area (Å²) in [5.41, 5.74) is 4.73. The standard InChI is InChI=1S/C16H23N3O/c1-4-16(5-2,20-3)15(19-17)13-8-6-10-14-12(13)9-7-11-18-14/h6-11,15,19H,4-5,17H2,1-3H3. The Morgan fingerprint density at radius 2 is 2.00 bits per heavy atom. The van der Waals surface area contributed by atoms with Crippen molar-refractivity contribution in [3.8, 4) is 0 Å². The molecule has 0 radical (unpaired) electrons. The van der Waals surface area contributed by atoms with E-state index in [9.17, 15) is 0 Å². The number of ether oxygens (including phenoxy) is 1. The van der Waals surface area contributed by atoms with Crippen molar-refractivity contribution in [2.45, 2.75) is 38.3 Å². The molecule has 0 spiro atoms. The molecule has 0 aliphatic rings. The highest BCUT2D eigenvalue weighted by Crippen LogP contribution is 2.37. The zero-order valence-electron chi connectivity index (χ0n) is 12.4. The van der Waals surface area contributed by atoms with Crippen molar-refractivity contribution in [3.05, 3.63) is 42.1 Å². The van der Waals surface area contributed by atoms with Gasteiger partial charge in [0.15, 0.2) is 0 Å². The van der Waals surface area contributed by atoms with E-state index >= 15 is 0 Å². The van der Waals surface area contributed by atoms with Gasteiger partial charge in [0.2, 0.25) is 0 Å². The summed E-state index contributed by atoms with van der Waals surface area (Å²) in [7, 11) is 1.75. The minimum Gasteiger partial charge on any atom is -0.376 e. The Balaban J connectivity index is 2.60. The van der Waals surface area contributed by atoms with E-state index in [1.165, 1.54) is 0 Å². The first-order valence-corrected chi connectivity index (χ1v) is 7.07. The number of nitrogens with two attached hydrogens (primary N) is 1. The summed E-state index contributed by atoms with van der Waals surface area (Å²) < 4.78 is 5.83. The van der Waals surface area contributed by atoms with Gasteiger partial charge in [0.25, 0.3) is 0 Å². The lowest BCUT2D eigenvalue weighted by atomic mass is 9.83. The highest BCUT2D eigenvalue weighted by Gasteiger charge is 2.37. The molecule has 3 N–H and O–H groups in total. The molecule has 0 bridgehead atoms. The molecule has 0 saturated heterocycles. The van der Waals surface area contributed by atoms with E-state index in [4.69, 9.17) is 10.6 Å². The molecule has 0 aliphatic carbocycles.